The lowest BCUT2D eigenvalue weighted by atomic mass is 10.0. The van der Waals surface area contributed by atoms with Gasteiger partial charge in [0.2, 0.25) is 0 Å². The SMILES string of the molecule is CO[C@@H](/C=C/C(=O)NO)[C@@H](OC(=O)Nc1ccc(Br)cc1)c1cccc(OCCO)c1. The van der Waals surface area contributed by atoms with E-state index in [1.807, 2.05) is 0 Å². The monoisotopic (exact) mass is 494 g/mol. The molecule has 0 unspecified atom stereocenters. The molecule has 4 N–H and O–H groups in total. The Kier molecular flexibility index (Phi) is 9.98. The molecule has 0 aromatic heterocycles. The molecule has 0 bridgehead atoms. The highest BCUT2D eigenvalue weighted by Crippen LogP contribution is 2.28. The second kappa shape index (κ2) is 12.7. The van der Waals surface area contributed by atoms with Crippen LogP contribution in [0.2, 0.25) is 0 Å². The van der Waals surface area contributed by atoms with Gasteiger partial charge in [0.05, 0.1) is 6.61 Å². The molecule has 2 atom stereocenters. The van der Waals surface area contributed by atoms with E-state index in [2.05, 4.69) is 21.2 Å². The van der Waals surface area contributed by atoms with Gasteiger partial charge in [0.25, 0.3) is 5.91 Å². The summed E-state index contributed by atoms with van der Waals surface area (Å²) in [7, 11) is 1.39. The fraction of sp³-hybridized carbons (Fsp3) is 0.238. The molecule has 0 aliphatic carbocycles. The lowest BCUT2D eigenvalue weighted by Crippen LogP contribution is -2.27. The molecule has 10 heteroatoms. The van der Waals surface area contributed by atoms with E-state index in [-0.39, 0.29) is 13.2 Å². The molecule has 2 rings (SSSR count). The lowest BCUT2D eigenvalue weighted by Gasteiger charge is -2.25. The molecule has 2 aromatic carbocycles. The zero-order valence-corrected chi connectivity index (χ0v) is 18.2. The number of rotatable bonds is 10. The van der Waals surface area contributed by atoms with E-state index in [0.717, 1.165) is 10.5 Å². The van der Waals surface area contributed by atoms with Crippen molar-refractivity contribution >= 4 is 33.6 Å². The molecule has 0 saturated carbocycles. The van der Waals surface area contributed by atoms with E-state index in [9.17, 15) is 9.59 Å². The summed E-state index contributed by atoms with van der Waals surface area (Å²) in [6.07, 6.45) is -0.147. The first-order chi connectivity index (χ1) is 15.0. The highest BCUT2D eigenvalue weighted by molar-refractivity contribution is 9.10. The molecule has 0 fully saturated rings. The number of aliphatic hydroxyl groups excluding tert-OH is 1. The topological polar surface area (TPSA) is 126 Å². The number of hydroxylamine groups is 1. The van der Waals surface area contributed by atoms with E-state index < -0.39 is 24.2 Å². The highest BCUT2D eigenvalue weighted by Gasteiger charge is 2.26. The van der Waals surface area contributed by atoms with E-state index in [1.54, 1.807) is 48.5 Å². The predicted molar refractivity (Wildman–Crippen MR) is 116 cm³/mol. The van der Waals surface area contributed by atoms with Crippen LogP contribution in [0.5, 0.6) is 5.75 Å². The minimum absolute atomic E-state index is 0.101. The lowest BCUT2D eigenvalue weighted by molar-refractivity contribution is -0.124. The Morgan fingerprint density at radius 2 is 1.94 bits per heavy atom. The first kappa shape index (κ1) is 24.4. The number of ether oxygens (including phenoxy) is 3. The van der Waals surface area contributed by atoms with Gasteiger partial charge in [0.1, 0.15) is 18.5 Å². The van der Waals surface area contributed by atoms with Crippen LogP contribution in [-0.4, -0.2) is 48.7 Å². The number of amides is 2. The maximum absolute atomic E-state index is 12.5. The van der Waals surface area contributed by atoms with Crippen molar-refractivity contribution in [1.82, 2.24) is 5.48 Å². The van der Waals surface area contributed by atoms with Crippen molar-refractivity contribution in [1.29, 1.82) is 0 Å². The predicted octanol–water partition coefficient (Wildman–Crippen LogP) is 3.19. The van der Waals surface area contributed by atoms with Crippen molar-refractivity contribution < 1.29 is 34.1 Å². The van der Waals surface area contributed by atoms with Crippen molar-refractivity contribution in [3.05, 3.63) is 70.7 Å². The van der Waals surface area contributed by atoms with Crippen molar-refractivity contribution in [2.75, 3.05) is 25.6 Å². The summed E-state index contributed by atoms with van der Waals surface area (Å²) < 4.78 is 17.3. The Labute approximate surface area is 187 Å². The van der Waals surface area contributed by atoms with Gasteiger partial charge < -0.3 is 19.3 Å². The normalized spacial score (nSPS) is 12.8. The van der Waals surface area contributed by atoms with Crippen molar-refractivity contribution in [2.45, 2.75) is 12.2 Å². The number of hydrogen-bond acceptors (Lipinski definition) is 7. The van der Waals surface area contributed by atoms with Gasteiger partial charge in [-0.05, 0) is 48.0 Å². The summed E-state index contributed by atoms with van der Waals surface area (Å²) >= 11 is 3.32. The number of nitrogens with one attached hydrogen (secondary N) is 2. The zero-order chi connectivity index (χ0) is 22.6. The van der Waals surface area contributed by atoms with Crippen LogP contribution >= 0.6 is 15.9 Å². The van der Waals surface area contributed by atoms with Crippen LogP contribution < -0.4 is 15.5 Å². The minimum atomic E-state index is -0.958. The van der Waals surface area contributed by atoms with Gasteiger partial charge in [0.15, 0.2) is 6.10 Å². The molecule has 0 aliphatic heterocycles. The molecular formula is C21H23BrN2O7. The molecule has 2 amide bonds. The molecule has 9 nitrogen and oxygen atoms in total. The molecular weight excluding hydrogens is 472 g/mol. The molecule has 2 aromatic rings. The number of hydrogen-bond donors (Lipinski definition) is 4. The number of carbonyl (C=O) groups excluding carboxylic acids is 2. The van der Waals surface area contributed by atoms with Crippen LogP contribution in [-0.2, 0) is 14.3 Å². The van der Waals surface area contributed by atoms with Crippen LogP contribution in [0.1, 0.15) is 11.7 Å². The van der Waals surface area contributed by atoms with Crippen LogP contribution in [0.4, 0.5) is 10.5 Å². The number of methoxy groups -OCH3 is 1. The first-order valence-electron chi connectivity index (χ1n) is 9.18. The summed E-state index contributed by atoms with van der Waals surface area (Å²) in [4.78, 5) is 23.9. The zero-order valence-electron chi connectivity index (χ0n) is 16.7. The van der Waals surface area contributed by atoms with E-state index >= 15 is 0 Å². The Morgan fingerprint density at radius 1 is 1.19 bits per heavy atom. The fourth-order valence-electron chi connectivity index (χ4n) is 2.59. The Morgan fingerprint density at radius 3 is 2.58 bits per heavy atom. The van der Waals surface area contributed by atoms with Crippen molar-refractivity contribution in [3.8, 4) is 5.75 Å². The van der Waals surface area contributed by atoms with Crippen molar-refractivity contribution in [3.63, 3.8) is 0 Å². The Bertz CT molecular complexity index is 890. The third-order valence-electron chi connectivity index (χ3n) is 3.99. The molecule has 0 aliphatic rings. The van der Waals surface area contributed by atoms with Crippen molar-refractivity contribution in [2.24, 2.45) is 0 Å². The quantitative estimate of drug-likeness (QED) is 0.227. The second-order valence-electron chi connectivity index (χ2n) is 6.14. The van der Waals surface area contributed by atoms with Gasteiger partial charge in [-0.25, -0.2) is 10.3 Å². The van der Waals surface area contributed by atoms with E-state index in [4.69, 9.17) is 24.5 Å². The molecule has 0 radical (unpaired) electrons. The molecule has 0 spiro atoms. The molecule has 0 saturated heterocycles. The van der Waals surface area contributed by atoms with Gasteiger partial charge >= 0.3 is 6.09 Å². The van der Waals surface area contributed by atoms with Gasteiger partial charge in [0, 0.05) is 23.3 Å². The third-order valence-corrected chi connectivity index (χ3v) is 4.52. The number of carbonyl (C=O) groups is 2. The fourth-order valence-corrected chi connectivity index (χ4v) is 2.85. The summed E-state index contributed by atoms with van der Waals surface area (Å²) in [5.41, 5.74) is 2.54. The average Bonchev–Trinajstić information content (AvgIpc) is 2.78. The first-order valence-corrected chi connectivity index (χ1v) is 9.98. The van der Waals surface area contributed by atoms with Crippen LogP contribution in [0.25, 0.3) is 0 Å². The number of benzene rings is 2. The number of halogens is 1. The maximum Gasteiger partial charge on any atom is 0.412 e. The van der Waals surface area contributed by atoms with Gasteiger partial charge in [-0.2, -0.15) is 0 Å². The summed E-state index contributed by atoms with van der Waals surface area (Å²) in [6, 6.07) is 13.7. The third kappa shape index (κ3) is 8.02. The van der Waals surface area contributed by atoms with Crippen LogP contribution in [0.15, 0.2) is 65.2 Å². The summed E-state index contributed by atoms with van der Waals surface area (Å²) in [6.45, 7) is -0.0528. The highest BCUT2D eigenvalue weighted by atomic mass is 79.9. The summed E-state index contributed by atoms with van der Waals surface area (Å²) in [5, 5.41) is 20.3. The largest absolute Gasteiger partial charge is 0.491 e. The average molecular weight is 495 g/mol. The molecule has 31 heavy (non-hydrogen) atoms. The Balaban J connectivity index is 2.27. The minimum Gasteiger partial charge on any atom is -0.491 e. The number of aliphatic hydroxyl groups is 1. The van der Waals surface area contributed by atoms with Gasteiger partial charge in [-0.15, -0.1) is 0 Å². The number of anilines is 1. The maximum atomic E-state index is 12.5. The summed E-state index contributed by atoms with van der Waals surface area (Å²) in [5.74, 6) is -0.305. The smallest absolute Gasteiger partial charge is 0.412 e. The second-order valence-corrected chi connectivity index (χ2v) is 7.05. The Hall–Kier alpha value is -2.92. The van der Waals surface area contributed by atoms with Gasteiger partial charge in [-0.1, -0.05) is 28.1 Å². The standard InChI is InChI=1S/C21H23BrN2O7/c1-29-18(9-10-19(26)24-28)20(14-3-2-4-17(13-14)30-12-11-25)31-21(27)23-16-7-5-15(22)6-8-16/h2-10,13,18,20,25,28H,11-12H2,1H3,(H,23,27)(H,24,26)/b10-9+/t18-,20-/m0/s1. The van der Waals surface area contributed by atoms with Crippen LogP contribution in [0, 0.1) is 0 Å². The van der Waals surface area contributed by atoms with E-state index in [0.29, 0.717) is 17.0 Å². The van der Waals surface area contributed by atoms with Gasteiger partial charge in [-0.3, -0.25) is 15.3 Å². The molecule has 0 heterocycles. The van der Waals surface area contributed by atoms with Crippen LogP contribution in [0.3, 0.4) is 0 Å². The molecule has 166 valence electrons. The van der Waals surface area contributed by atoms with E-state index in [1.165, 1.54) is 18.7 Å².